The zero-order valence-corrected chi connectivity index (χ0v) is 16.2. The Labute approximate surface area is 150 Å². The highest BCUT2D eigenvalue weighted by molar-refractivity contribution is 7.76. The molecule has 4 aromatic rings. The molecule has 0 amide bonds. The molecule has 1 heterocycles. The third kappa shape index (κ3) is 1.92. The fourth-order valence-electron chi connectivity index (χ4n) is 4.60. The number of fused-ring (bicyclic) bond motifs is 6. The molecule has 0 saturated carbocycles. The van der Waals surface area contributed by atoms with Gasteiger partial charge in [0, 0.05) is 0 Å². The lowest BCUT2D eigenvalue weighted by Gasteiger charge is -2.12. The summed E-state index contributed by atoms with van der Waals surface area (Å²) in [6.07, 6.45) is 0. The number of hydrogen-bond donors (Lipinski definition) is 0. The predicted molar refractivity (Wildman–Crippen MR) is 114 cm³/mol. The number of benzene rings is 4. The third-order valence-electron chi connectivity index (χ3n) is 6.55. The maximum absolute atomic E-state index is 2.49. The summed E-state index contributed by atoms with van der Waals surface area (Å²) in [5.74, 6) is 0. The van der Waals surface area contributed by atoms with E-state index < -0.39 is 0 Å². The van der Waals surface area contributed by atoms with Gasteiger partial charge in [-0.3, -0.25) is 0 Å². The van der Waals surface area contributed by atoms with Crippen LogP contribution in [0.25, 0.3) is 32.3 Å². The van der Waals surface area contributed by atoms with Gasteiger partial charge in [-0.1, -0.05) is 96.3 Å². The van der Waals surface area contributed by atoms with Crippen LogP contribution in [-0.2, 0) is 0 Å². The van der Waals surface area contributed by atoms with Crippen molar-refractivity contribution in [2.45, 2.75) is 38.0 Å². The van der Waals surface area contributed by atoms with Crippen LogP contribution in [0, 0.1) is 0 Å². The molecule has 0 spiro atoms. The Morgan fingerprint density at radius 3 is 1.36 bits per heavy atom. The topological polar surface area (TPSA) is 0 Å². The first-order valence-electron chi connectivity index (χ1n) is 9.06. The van der Waals surface area contributed by atoms with Gasteiger partial charge in [0.2, 0.25) is 0 Å². The van der Waals surface area contributed by atoms with Crippen molar-refractivity contribution < 1.29 is 0 Å². The van der Waals surface area contributed by atoms with Crippen LogP contribution in [0.4, 0.5) is 0 Å². The molecule has 1 aliphatic heterocycles. The average molecular weight is 342 g/mol. The summed E-state index contributed by atoms with van der Waals surface area (Å²) in [5.41, 5.74) is 0. The summed E-state index contributed by atoms with van der Waals surface area (Å²) in [6.45, 7) is 9.73. The summed E-state index contributed by atoms with van der Waals surface area (Å²) in [5, 5.41) is 10.7. The quantitative estimate of drug-likeness (QED) is 0.263. The highest BCUT2D eigenvalue weighted by atomic mass is 31.1. The molecule has 1 heteroatoms. The van der Waals surface area contributed by atoms with Gasteiger partial charge in [-0.15, -0.1) is 0 Å². The molecular weight excluding hydrogens is 319 g/mol. The van der Waals surface area contributed by atoms with Crippen LogP contribution in [0.2, 0.25) is 0 Å². The molecule has 0 bridgehead atoms. The molecule has 0 nitrogen and oxygen atoms in total. The van der Waals surface area contributed by atoms with Gasteiger partial charge >= 0.3 is 0 Å². The molecule has 0 atom stereocenters. The molecule has 1 saturated heterocycles. The zero-order chi connectivity index (χ0) is 17.4. The fourth-order valence-corrected chi connectivity index (χ4v) is 8.36. The van der Waals surface area contributed by atoms with E-state index in [-0.39, 0.29) is 7.92 Å². The van der Waals surface area contributed by atoms with Gasteiger partial charge in [-0.05, 0) is 54.0 Å². The van der Waals surface area contributed by atoms with Crippen LogP contribution in [0.15, 0.2) is 66.7 Å². The first kappa shape index (κ1) is 15.4. The lowest BCUT2D eigenvalue weighted by atomic mass is 9.94. The standard InChI is InChI=1S/C24H23P/c1-23(2)24(3,4)25(23)16-13-14-21-19-11-6-5-9-17(19)18-10-7-8-12-20(18)22(21)15-16/h5-15H,1-4H3. The minimum atomic E-state index is -0.104. The summed E-state index contributed by atoms with van der Waals surface area (Å²) in [4.78, 5) is 0. The molecule has 124 valence electrons. The second-order valence-electron chi connectivity index (χ2n) is 8.27. The Balaban J connectivity index is 1.89. The van der Waals surface area contributed by atoms with Crippen molar-refractivity contribution in [1.82, 2.24) is 0 Å². The third-order valence-corrected chi connectivity index (χ3v) is 10.5. The van der Waals surface area contributed by atoms with E-state index in [1.807, 2.05) is 0 Å². The van der Waals surface area contributed by atoms with Crippen molar-refractivity contribution >= 4 is 45.5 Å². The van der Waals surface area contributed by atoms with E-state index in [2.05, 4.69) is 94.4 Å². The van der Waals surface area contributed by atoms with Crippen molar-refractivity contribution in [2.75, 3.05) is 0 Å². The molecule has 25 heavy (non-hydrogen) atoms. The lowest BCUT2D eigenvalue weighted by Crippen LogP contribution is -2.10. The van der Waals surface area contributed by atoms with Gasteiger partial charge in [0.05, 0.1) is 0 Å². The molecular formula is C24H23P. The highest BCUT2D eigenvalue weighted by Gasteiger charge is 2.64. The Kier molecular flexibility index (Phi) is 2.97. The first-order valence-corrected chi connectivity index (χ1v) is 10.4. The van der Waals surface area contributed by atoms with Gasteiger partial charge in [0.1, 0.15) is 0 Å². The second-order valence-corrected chi connectivity index (χ2v) is 11.7. The average Bonchev–Trinajstić information content (AvgIpc) is 3.03. The molecule has 1 aliphatic rings. The Morgan fingerprint density at radius 1 is 0.520 bits per heavy atom. The van der Waals surface area contributed by atoms with E-state index in [1.54, 1.807) is 5.30 Å². The molecule has 0 aliphatic carbocycles. The maximum atomic E-state index is 2.49. The summed E-state index contributed by atoms with van der Waals surface area (Å²) >= 11 is 0. The monoisotopic (exact) mass is 342 g/mol. The molecule has 0 radical (unpaired) electrons. The predicted octanol–water partition coefficient (Wildman–Crippen LogP) is 6.82. The number of hydrogen-bond acceptors (Lipinski definition) is 0. The van der Waals surface area contributed by atoms with E-state index in [0.29, 0.717) is 10.3 Å². The van der Waals surface area contributed by atoms with E-state index >= 15 is 0 Å². The smallest absolute Gasteiger partial charge is 0.00123 e. The van der Waals surface area contributed by atoms with Crippen molar-refractivity contribution in [1.29, 1.82) is 0 Å². The first-order chi connectivity index (χ1) is 11.9. The normalized spacial score (nSPS) is 18.9. The van der Waals surface area contributed by atoms with Crippen LogP contribution >= 0.6 is 7.92 Å². The van der Waals surface area contributed by atoms with Crippen molar-refractivity contribution in [3.8, 4) is 0 Å². The molecule has 0 N–H and O–H groups in total. The minimum absolute atomic E-state index is 0.104. The van der Waals surface area contributed by atoms with Crippen LogP contribution in [-0.4, -0.2) is 10.3 Å². The highest BCUT2D eigenvalue weighted by Crippen LogP contribution is 2.81. The van der Waals surface area contributed by atoms with Gasteiger partial charge in [0.25, 0.3) is 0 Å². The van der Waals surface area contributed by atoms with E-state index in [9.17, 15) is 0 Å². The molecule has 0 aromatic heterocycles. The van der Waals surface area contributed by atoms with E-state index in [0.717, 1.165) is 0 Å². The Morgan fingerprint density at radius 2 is 0.920 bits per heavy atom. The largest absolute Gasteiger partial charge is 0.0619 e. The minimum Gasteiger partial charge on any atom is -0.0619 e. The fraction of sp³-hybridized carbons (Fsp3) is 0.250. The van der Waals surface area contributed by atoms with Gasteiger partial charge in [-0.2, -0.15) is 0 Å². The Hall–Kier alpha value is -1.91. The summed E-state index contributed by atoms with van der Waals surface area (Å²) in [6, 6.07) is 24.9. The van der Waals surface area contributed by atoms with Crippen LogP contribution < -0.4 is 5.30 Å². The zero-order valence-electron chi connectivity index (χ0n) is 15.3. The summed E-state index contributed by atoms with van der Waals surface area (Å²) in [7, 11) is -0.104. The SMILES string of the molecule is CC1(C)P(c2ccc3c4ccccc4c4ccccc4c3c2)C1(C)C. The van der Waals surface area contributed by atoms with Crippen molar-refractivity contribution in [3.63, 3.8) is 0 Å². The van der Waals surface area contributed by atoms with Crippen LogP contribution in [0.1, 0.15) is 27.7 Å². The summed E-state index contributed by atoms with van der Waals surface area (Å²) < 4.78 is 0. The van der Waals surface area contributed by atoms with Crippen molar-refractivity contribution in [3.05, 3.63) is 66.7 Å². The second kappa shape index (κ2) is 4.83. The van der Waals surface area contributed by atoms with Gasteiger partial charge < -0.3 is 0 Å². The molecule has 4 aromatic carbocycles. The van der Waals surface area contributed by atoms with Crippen LogP contribution in [0.5, 0.6) is 0 Å². The maximum Gasteiger partial charge on any atom is -0.00123 e. The molecule has 1 fully saturated rings. The lowest BCUT2D eigenvalue weighted by molar-refractivity contribution is 0.652. The Bertz CT molecular complexity index is 1100. The van der Waals surface area contributed by atoms with Crippen LogP contribution in [0.3, 0.4) is 0 Å². The molecule has 0 unspecified atom stereocenters. The van der Waals surface area contributed by atoms with E-state index in [1.165, 1.54) is 32.3 Å². The van der Waals surface area contributed by atoms with E-state index in [4.69, 9.17) is 0 Å². The molecule has 5 rings (SSSR count). The van der Waals surface area contributed by atoms with Gasteiger partial charge in [-0.25, -0.2) is 0 Å². The van der Waals surface area contributed by atoms with Gasteiger partial charge in [0.15, 0.2) is 0 Å². The van der Waals surface area contributed by atoms with Crippen molar-refractivity contribution in [2.24, 2.45) is 0 Å². The number of rotatable bonds is 1.